The molecule has 0 amide bonds. The molecule has 0 spiro atoms. The van der Waals surface area contributed by atoms with Gasteiger partial charge in [0.15, 0.2) is 5.75 Å². The lowest BCUT2D eigenvalue weighted by Crippen LogP contribution is -2.02. The Morgan fingerprint density at radius 2 is 1.59 bits per heavy atom. The molecule has 0 unspecified atom stereocenters. The van der Waals surface area contributed by atoms with E-state index >= 15 is 0 Å². The van der Waals surface area contributed by atoms with E-state index in [1.165, 1.54) is 24.8 Å². The molecule has 0 saturated heterocycles. The SMILES string of the molecule is COc1ccc([C@H](O)c2ccc(C(C)C)cc2)cc1[N+](=O)[O-]. The van der Waals surface area contributed by atoms with Crippen molar-refractivity contribution in [2.45, 2.75) is 25.9 Å². The lowest BCUT2D eigenvalue weighted by molar-refractivity contribution is -0.385. The fraction of sp³-hybridized carbons (Fsp3) is 0.294. The summed E-state index contributed by atoms with van der Waals surface area (Å²) in [5.74, 6) is 0.587. The largest absolute Gasteiger partial charge is 0.490 e. The maximum absolute atomic E-state index is 11.1. The summed E-state index contributed by atoms with van der Waals surface area (Å²) in [5, 5.41) is 21.5. The third-order valence-electron chi connectivity index (χ3n) is 3.63. The minimum absolute atomic E-state index is 0.155. The third-order valence-corrected chi connectivity index (χ3v) is 3.63. The predicted molar refractivity (Wildman–Crippen MR) is 84.2 cm³/mol. The molecule has 1 atom stereocenters. The van der Waals surface area contributed by atoms with Gasteiger partial charge in [0.2, 0.25) is 0 Å². The summed E-state index contributed by atoms with van der Waals surface area (Å²) in [7, 11) is 1.38. The molecule has 0 bridgehead atoms. The monoisotopic (exact) mass is 301 g/mol. The number of hydrogen-bond acceptors (Lipinski definition) is 4. The Bertz CT molecular complexity index is 665. The van der Waals surface area contributed by atoms with Crippen molar-refractivity contribution in [1.29, 1.82) is 0 Å². The Morgan fingerprint density at radius 1 is 1.05 bits per heavy atom. The van der Waals surface area contributed by atoms with E-state index in [0.717, 1.165) is 0 Å². The van der Waals surface area contributed by atoms with Gasteiger partial charge in [0.25, 0.3) is 0 Å². The standard InChI is InChI=1S/C17H19NO4/c1-11(2)12-4-6-13(7-5-12)17(19)14-8-9-16(22-3)15(10-14)18(20)21/h4-11,17,19H,1-3H3/t17-/m1/s1. The van der Waals surface area contributed by atoms with Gasteiger partial charge in [0.05, 0.1) is 12.0 Å². The van der Waals surface area contributed by atoms with Gasteiger partial charge in [0, 0.05) is 6.07 Å². The minimum Gasteiger partial charge on any atom is -0.490 e. The van der Waals surface area contributed by atoms with Crippen molar-refractivity contribution in [3.05, 3.63) is 69.3 Å². The van der Waals surface area contributed by atoms with Crippen LogP contribution in [-0.4, -0.2) is 17.1 Å². The Hall–Kier alpha value is -2.40. The minimum atomic E-state index is -0.911. The fourth-order valence-corrected chi connectivity index (χ4v) is 2.28. The van der Waals surface area contributed by atoms with Crippen LogP contribution in [0.5, 0.6) is 5.75 Å². The Labute approximate surface area is 129 Å². The number of aliphatic hydroxyl groups excluding tert-OH is 1. The van der Waals surface area contributed by atoms with Crippen molar-refractivity contribution in [1.82, 2.24) is 0 Å². The van der Waals surface area contributed by atoms with Gasteiger partial charge < -0.3 is 9.84 Å². The van der Waals surface area contributed by atoms with Crippen LogP contribution < -0.4 is 4.74 Å². The van der Waals surface area contributed by atoms with E-state index in [1.54, 1.807) is 6.07 Å². The first kappa shape index (κ1) is 16.0. The van der Waals surface area contributed by atoms with Gasteiger partial charge in [-0.25, -0.2) is 0 Å². The maximum Gasteiger partial charge on any atom is 0.311 e. The average molecular weight is 301 g/mol. The van der Waals surface area contributed by atoms with Crippen LogP contribution in [0.1, 0.15) is 42.6 Å². The molecule has 5 nitrogen and oxygen atoms in total. The predicted octanol–water partition coefficient (Wildman–Crippen LogP) is 3.81. The van der Waals surface area contributed by atoms with E-state index in [2.05, 4.69) is 13.8 Å². The molecule has 2 aromatic rings. The van der Waals surface area contributed by atoms with Crippen LogP contribution in [0, 0.1) is 10.1 Å². The highest BCUT2D eigenvalue weighted by molar-refractivity contribution is 5.50. The second-order valence-corrected chi connectivity index (χ2v) is 5.41. The van der Waals surface area contributed by atoms with Crippen molar-refractivity contribution in [3.8, 4) is 5.75 Å². The number of benzene rings is 2. The fourth-order valence-electron chi connectivity index (χ4n) is 2.28. The molecular formula is C17H19NO4. The molecule has 5 heteroatoms. The summed E-state index contributed by atoms with van der Waals surface area (Å²) in [6.07, 6.45) is -0.911. The van der Waals surface area contributed by atoms with E-state index < -0.39 is 11.0 Å². The van der Waals surface area contributed by atoms with Crippen molar-refractivity contribution in [2.24, 2.45) is 0 Å². The van der Waals surface area contributed by atoms with Gasteiger partial charge >= 0.3 is 5.69 Å². The molecule has 0 radical (unpaired) electrons. The number of aliphatic hydroxyl groups is 1. The topological polar surface area (TPSA) is 72.6 Å². The van der Waals surface area contributed by atoms with Crippen LogP contribution in [0.25, 0.3) is 0 Å². The Balaban J connectivity index is 2.34. The number of nitro groups is 1. The molecule has 0 fully saturated rings. The third kappa shape index (κ3) is 3.26. The van der Waals surface area contributed by atoms with Crippen molar-refractivity contribution in [3.63, 3.8) is 0 Å². The number of hydrogen-bond donors (Lipinski definition) is 1. The number of rotatable bonds is 5. The molecule has 0 aliphatic carbocycles. The number of ether oxygens (including phenoxy) is 1. The first-order valence-electron chi connectivity index (χ1n) is 7.04. The molecule has 0 aliphatic rings. The second kappa shape index (κ2) is 6.58. The van der Waals surface area contributed by atoms with Gasteiger partial charge in [-0.3, -0.25) is 10.1 Å². The summed E-state index contributed by atoms with van der Waals surface area (Å²) in [6, 6.07) is 12.1. The highest BCUT2D eigenvalue weighted by atomic mass is 16.6. The van der Waals surface area contributed by atoms with Gasteiger partial charge in [-0.15, -0.1) is 0 Å². The smallest absolute Gasteiger partial charge is 0.311 e. The maximum atomic E-state index is 11.1. The highest BCUT2D eigenvalue weighted by Gasteiger charge is 2.19. The molecule has 2 aromatic carbocycles. The van der Waals surface area contributed by atoms with Crippen molar-refractivity contribution < 1.29 is 14.8 Å². The molecule has 22 heavy (non-hydrogen) atoms. The molecular weight excluding hydrogens is 282 g/mol. The van der Waals surface area contributed by atoms with Gasteiger partial charge in [-0.2, -0.15) is 0 Å². The Kier molecular flexibility index (Phi) is 4.78. The average Bonchev–Trinajstić information content (AvgIpc) is 2.53. The van der Waals surface area contributed by atoms with Crippen LogP contribution in [-0.2, 0) is 0 Å². The van der Waals surface area contributed by atoms with Gasteiger partial charge in [0.1, 0.15) is 6.10 Å². The summed E-state index contributed by atoms with van der Waals surface area (Å²) in [4.78, 5) is 10.5. The summed E-state index contributed by atoms with van der Waals surface area (Å²) in [5.41, 5.74) is 2.18. The highest BCUT2D eigenvalue weighted by Crippen LogP contribution is 2.32. The van der Waals surface area contributed by atoms with E-state index in [9.17, 15) is 15.2 Å². The van der Waals surface area contributed by atoms with Crippen LogP contribution in [0.2, 0.25) is 0 Å². The van der Waals surface area contributed by atoms with Gasteiger partial charge in [-0.05, 0) is 28.7 Å². The van der Waals surface area contributed by atoms with Gasteiger partial charge in [-0.1, -0.05) is 44.2 Å². The first-order valence-corrected chi connectivity index (χ1v) is 7.04. The molecule has 116 valence electrons. The second-order valence-electron chi connectivity index (χ2n) is 5.41. The van der Waals surface area contributed by atoms with Crippen molar-refractivity contribution >= 4 is 5.69 Å². The lowest BCUT2D eigenvalue weighted by Gasteiger charge is -2.14. The molecule has 0 aliphatic heterocycles. The molecule has 1 N–H and O–H groups in total. The normalized spacial score (nSPS) is 12.2. The van der Waals surface area contributed by atoms with Crippen LogP contribution in [0.15, 0.2) is 42.5 Å². The quantitative estimate of drug-likeness (QED) is 0.673. The van der Waals surface area contributed by atoms with E-state index in [1.807, 2.05) is 24.3 Å². The van der Waals surface area contributed by atoms with E-state index in [4.69, 9.17) is 4.74 Å². The molecule has 2 rings (SSSR count). The summed E-state index contributed by atoms with van der Waals surface area (Å²) in [6.45, 7) is 4.19. The molecule has 0 heterocycles. The zero-order valence-corrected chi connectivity index (χ0v) is 12.8. The first-order chi connectivity index (χ1) is 10.4. The van der Waals surface area contributed by atoms with E-state index in [-0.39, 0.29) is 11.4 Å². The van der Waals surface area contributed by atoms with Crippen LogP contribution >= 0.6 is 0 Å². The zero-order chi connectivity index (χ0) is 16.3. The lowest BCUT2D eigenvalue weighted by atomic mass is 9.97. The number of methoxy groups -OCH3 is 1. The summed E-state index contributed by atoms with van der Waals surface area (Å²) >= 11 is 0. The van der Waals surface area contributed by atoms with E-state index in [0.29, 0.717) is 17.0 Å². The van der Waals surface area contributed by atoms with Crippen LogP contribution in [0.4, 0.5) is 5.69 Å². The number of nitro benzene ring substituents is 1. The molecule has 0 saturated carbocycles. The zero-order valence-electron chi connectivity index (χ0n) is 12.8. The van der Waals surface area contributed by atoms with Crippen LogP contribution in [0.3, 0.4) is 0 Å². The van der Waals surface area contributed by atoms with Crippen molar-refractivity contribution in [2.75, 3.05) is 7.11 Å². The number of nitrogens with zero attached hydrogens (tertiary/aromatic N) is 1. The Morgan fingerprint density at radius 3 is 2.09 bits per heavy atom. The molecule has 0 aromatic heterocycles. The summed E-state index contributed by atoms with van der Waals surface area (Å²) < 4.78 is 4.97.